The van der Waals surface area contributed by atoms with Gasteiger partial charge in [0.2, 0.25) is 0 Å². The fourth-order valence-electron chi connectivity index (χ4n) is 2.41. The van der Waals surface area contributed by atoms with Crippen molar-refractivity contribution in [3.8, 4) is 5.69 Å². The van der Waals surface area contributed by atoms with E-state index in [1.807, 2.05) is 71.4 Å². The highest BCUT2D eigenvalue weighted by Gasteiger charge is 2.23. The minimum atomic E-state index is -0.127. The number of rotatable bonds is 3. The highest BCUT2D eigenvalue weighted by molar-refractivity contribution is 8.18. The summed E-state index contributed by atoms with van der Waals surface area (Å²) in [4.78, 5) is 21.3. The van der Waals surface area contributed by atoms with Crippen LogP contribution >= 0.6 is 11.8 Å². The van der Waals surface area contributed by atoms with Crippen LogP contribution in [-0.2, 0) is 4.79 Å². The summed E-state index contributed by atoms with van der Waals surface area (Å²) in [5.74, 6) is -0.127. The lowest BCUT2D eigenvalue weighted by Crippen LogP contribution is -2.19. The zero-order chi connectivity index (χ0) is 17.1. The number of nitrogens with zero attached hydrogens (tertiary/aromatic N) is 3. The van der Waals surface area contributed by atoms with E-state index in [1.165, 1.54) is 11.8 Å². The normalized spacial score (nSPS) is 17.2. The van der Waals surface area contributed by atoms with Gasteiger partial charge in [-0.3, -0.25) is 4.79 Å². The minimum absolute atomic E-state index is 0.127. The Hall–Kier alpha value is -3.12. The van der Waals surface area contributed by atoms with Gasteiger partial charge in [0, 0.05) is 18.1 Å². The van der Waals surface area contributed by atoms with Gasteiger partial charge in [0.05, 0.1) is 16.9 Å². The first kappa shape index (κ1) is 15.4. The Morgan fingerprint density at radius 2 is 1.88 bits per heavy atom. The molecule has 0 radical (unpaired) electrons. The number of carbonyl (C=O) groups excluding carboxylic acids is 1. The number of aliphatic imine (C=N–C) groups is 1. The lowest BCUT2D eigenvalue weighted by Gasteiger charge is -2.02. The fraction of sp³-hybridized carbons (Fsp3) is 0. The van der Waals surface area contributed by atoms with Crippen LogP contribution < -0.4 is 5.32 Å². The van der Waals surface area contributed by atoms with Gasteiger partial charge in [0.25, 0.3) is 5.91 Å². The van der Waals surface area contributed by atoms with Crippen LogP contribution in [0.2, 0.25) is 0 Å². The molecule has 1 aliphatic heterocycles. The summed E-state index contributed by atoms with van der Waals surface area (Å²) >= 11 is 1.35. The minimum Gasteiger partial charge on any atom is -0.306 e. The molecule has 6 heteroatoms. The summed E-state index contributed by atoms with van der Waals surface area (Å²) in [6.45, 7) is 0. The number of hydrogen-bond acceptors (Lipinski definition) is 4. The zero-order valence-corrected chi connectivity index (χ0v) is 14.0. The predicted octanol–water partition coefficient (Wildman–Crippen LogP) is 3.76. The molecule has 2 aromatic carbocycles. The number of hydrogen-bond donors (Lipinski definition) is 1. The van der Waals surface area contributed by atoms with Gasteiger partial charge in [-0.2, -0.15) is 0 Å². The van der Waals surface area contributed by atoms with Crippen molar-refractivity contribution < 1.29 is 4.79 Å². The van der Waals surface area contributed by atoms with E-state index >= 15 is 0 Å². The van der Waals surface area contributed by atoms with Gasteiger partial charge in [0.1, 0.15) is 0 Å². The summed E-state index contributed by atoms with van der Waals surface area (Å²) in [7, 11) is 0. The number of para-hydroxylation sites is 1. The molecule has 0 atom stereocenters. The third kappa shape index (κ3) is 3.54. The molecule has 0 aliphatic carbocycles. The molecule has 1 N–H and O–H groups in total. The first-order chi connectivity index (χ1) is 12.3. The van der Waals surface area contributed by atoms with Gasteiger partial charge in [-0.15, -0.1) is 0 Å². The molecule has 1 fully saturated rings. The maximum Gasteiger partial charge on any atom is 0.264 e. The summed E-state index contributed by atoms with van der Waals surface area (Å²) in [5.41, 5.74) is 2.80. The number of benzene rings is 2. The van der Waals surface area contributed by atoms with Crippen molar-refractivity contribution in [3.05, 3.63) is 83.8 Å². The smallest absolute Gasteiger partial charge is 0.264 e. The van der Waals surface area contributed by atoms with Gasteiger partial charge >= 0.3 is 0 Å². The molecular weight excluding hydrogens is 332 g/mol. The molecule has 1 saturated heterocycles. The van der Waals surface area contributed by atoms with Crippen molar-refractivity contribution >= 4 is 34.6 Å². The molecule has 4 rings (SSSR count). The molecule has 122 valence electrons. The second-order valence-corrected chi connectivity index (χ2v) is 6.41. The topological polar surface area (TPSA) is 59.3 Å². The Balaban J connectivity index is 1.53. The summed E-state index contributed by atoms with van der Waals surface area (Å²) in [6.07, 6.45) is 7.24. The van der Waals surface area contributed by atoms with Crippen LogP contribution in [0.15, 0.2) is 83.2 Å². The highest BCUT2D eigenvalue weighted by Crippen LogP contribution is 2.28. The number of nitrogens with one attached hydrogen (secondary N) is 1. The van der Waals surface area contributed by atoms with Crippen LogP contribution in [0.5, 0.6) is 0 Å². The molecule has 0 spiro atoms. The lowest BCUT2D eigenvalue weighted by atomic mass is 10.2. The van der Waals surface area contributed by atoms with Crippen molar-refractivity contribution in [3.63, 3.8) is 0 Å². The van der Waals surface area contributed by atoms with Gasteiger partial charge in [-0.25, -0.2) is 9.98 Å². The number of aromatic nitrogens is 2. The third-order valence-corrected chi connectivity index (χ3v) is 4.54. The van der Waals surface area contributed by atoms with E-state index in [-0.39, 0.29) is 5.91 Å². The van der Waals surface area contributed by atoms with Crippen molar-refractivity contribution in [2.45, 2.75) is 0 Å². The number of amides is 1. The second kappa shape index (κ2) is 6.78. The summed E-state index contributed by atoms with van der Waals surface area (Å²) in [6, 6.07) is 17.5. The van der Waals surface area contributed by atoms with Crippen LogP contribution in [0.1, 0.15) is 5.56 Å². The molecule has 25 heavy (non-hydrogen) atoms. The number of thioether (sulfide) groups is 1. The van der Waals surface area contributed by atoms with Crippen LogP contribution in [0, 0.1) is 0 Å². The van der Waals surface area contributed by atoms with E-state index in [2.05, 4.69) is 15.3 Å². The molecule has 0 bridgehead atoms. The number of carbonyl (C=O) groups is 1. The highest BCUT2D eigenvalue weighted by atomic mass is 32.2. The van der Waals surface area contributed by atoms with Gasteiger partial charge in [-0.1, -0.05) is 30.3 Å². The number of imidazole rings is 1. The van der Waals surface area contributed by atoms with Crippen LogP contribution in [0.25, 0.3) is 11.8 Å². The predicted molar refractivity (Wildman–Crippen MR) is 101 cm³/mol. The van der Waals surface area contributed by atoms with E-state index in [0.717, 1.165) is 16.9 Å². The molecule has 1 amide bonds. The third-order valence-electron chi connectivity index (χ3n) is 3.63. The first-order valence-corrected chi connectivity index (χ1v) is 8.53. The lowest BCUT2D eigenvalue weighted by molar-refractivity contribution is -0.115. The molecule has 3 aromatic rings. The van der Waals surface area contributed by atoms with Crippen LogP contribution in [0.3, 0.4) is 0 Å². The Kier molecular flexibility index (Phi) is 4.18. The number of amidine groups is 1. The molecule has 0 saturated carbocycles. The Bertz CT molecular complexity index is 945. The van der Waals surface area contributed by atoms with Crippen molar-refractivity contribution in [2.75, 3.05) is 0 Å². The standard InChI is InChI=1S/C19H14N4OS/c24-18-17(25-19(22-18)21-15-4-2-1-3-5-15)12-14-6-8-16(9-7-14)23-11-10-20-13-23/h1-13H,(H,21,22,24)/b17-12+. The van der Waals surface area contributed by atoms with E-state index in [4.69, 9.17) is 0 Å². The average Bonchev–Trinajstić information content (AvgIpc) is 3.27. The fourth-order valence-corrected chi connectivity index (χ4v) is 3.25. The monoisotopic (exact) mass is 346 g/mol. The van der Waals surface area contributed by atoms with Gasteiger partial charge in [0.15, 0.2) is 5.17 Å². The van der Waals surface area contributed by atoms with E-state index in [0.29, 0.717) is 10.1 Å². The average molecular weight is 346 g/mol. The maximum atomic E-state index is 12.1. The van der Waals surface area contributed by atoms with Crippen LogP contribution in [-0.4, -0.2) is 20.6 Å². The molecule has 5 nitrogen and oxygen atoms in total. The maximum absolute atomic E-state index is 12.1. The van der Waals surface area contributed by atoms with E-state index in [1.54, 1.807) is 12.5 Å². The SMILES string of the molecule is O=C1NC(=Nc2ccccc2)S/C1=C/c1ccc(-n2ccnc2)cc1. The van der Waals surface area contributed by atoms with E-state index in [9.17, 15) is 4.79 Å². The van der Waals surface area contributed by atoms with E-state index < -0.39 is 0 Å². The van der Waals surface area contributed by atoms with Crippen molar-refractivity contribution in [1.29, 1.82) is 0 Å². The summed E-state index contributed by atoms with van der Waals surface area (Å²) in [5, 5.41) is 3.39. The Labute approximate surface area is 149 Å². The first-order valence-electron chi connectivity index (χ1n) is 7.71. The van der Waals surface area contributed by atoms with Crippen LogP contribution in [0.4, 0.5) is 5.69 Å². The van der Waals surface area contributed by atoms with Crippen molar-refractivity contribution in [2.24, 2.45) is 4.99 Å². The van der Waals surface area contributed by atoms with Crippen molar-refractivity contribution in [1.82, 2.24) is 14.9 Å². The molecule has 1 aliphatic rings. The largest absolute Gasteiger partial charge is 0.306 e. The zero-order valence-electron chi connectivity index (χ0n) is 13.2. The molecule has 2 heterocycles. The molecule has 1 aromatic heterocycles. The van der Waals surface area contributed by atoms with Gasteiger partial charge in [-0.05, 0) is 47.7 Å². The molecule has 0 unspecified atom stereocenters. The Morgan fingerprint density at radius 3 is 2.60 bits per heavy atom. The molecular formula is C19H14N4OS. The van der Waals surface area contributed by atoms with Gasteiger partial charge < -0.3 is 9.88 Å². The second-order valence-electron chi connectivity index (χ2n) is 5.38. The Morgan fingerprint density at radius 1 is 1.08 bits per heavy atom. The summed E-state index contributed by atoms with van der Waals surface area (Å²) < 4.78 is 1.93. The quantitative estimate of drug-likeness (QED) is 0.735.